The van der Waals surface area contributed by atoms with Gasteiger partial charge in [-0.05, 0) is 30.4 Å². The highest BCUT2D eigenvalue weighted by Gasteiger charge is 2.18. The Bertz CT molecular complexity index is 444. The summed E-state index contributed by atoms with van der Waals surface area (Å²) in [6.07, 6.45) is 9.08. The second kappa shape index (κ2) is 8.06. The van der Waals surface area contributed by atoms with Crippen LogP contribution in [0.2, 0.25) is 0 Å². The Morgan fingerprint density at radius 2 is 2.25 bits per heavy atom. The van der Waals surface area contributed by atoms with E-state index in [9.17, 15) is 0 Å². The maximum atomic E-state index is 5.85. The summed E-state index contributed by atoms with van der Waals surface area (Å²) in [7, 11) is 1.69. The van der Waals surface area contributed by atoms with Crippen LogP contribution in [0.4, 0.5) is 0 Å². The van der Waals surface area contributed by atoms with Crippen molar-refractivity contribution in [3.63, 3.8) is 0 Å². The van der Waals surface area contributed by atoms with Gasteiger partial charge in [-0.3, -0.25) is 0 Å². The summed E-state index contributed by atoms with van der Waals surface area (Å²) in [4.78, 5) is 0. The fourth-order valence-electron chi connectivity index (χ4n) is 2.38. The lowest BCUT2D eigenvalue weighted by Gasteiger charge is -2.25. The zero-order valence-electron chi connectivity index (χ0n) is 12.0. The van der Waals surface area contributed by atoms with Gasteiger partial charge >= 0.3 is 0 Å². The fraction of sp³-hybridized carbons (Fsp3) is 0.529. The molecule has 2 rings (SSSR count). The zero-order chi connectivity index (χ0) is 14.2. The Morgan fingerprint density at radius 1 is 1.40 bits per heavy atom. The van der Waals surface area contributed by atoms with Crippen LogP contribution in [0.15, 0.2) is 24.3 Å². The van der Waals surface area contributed by atoms with Crippen LogP contribution in [0, 0.1) is 12.3 Å². The van der Waals surface area contributed by atoms with E-state index < -0.39 is 0 Å². The van der Waals surface area contributed by atoms with Gasteiger partial charge in [0.05, 0.1) is 6.61 Å². The second-order valence-electron chi connectivity index (χ2n) is 5.04. The van der Waals surface area contributed by atoms with Crippen molar-refractivity contribution in [2.45, 2.75) is 44.7 Å². The second-order valence-corrected chi connectivity index (χ2v) is 5.04. The first kappa shape index (κ1) is 15.1. The van der Waals surface area contributed by atoms with E-state index in [0.717, 1.165) is 31.4 Å². The first-order valence-corrected chi connectivity index (χ1v) is 7.12. The summed E-state index contributed by atoms with van der Waals surface area (Å²) < 4.78 is 16.6. The normalized spacial score (nSPS) is 20.3. The van der Waals surface area contributed by atoms with E-state index in [4.69, 9.17) is 20.6 Å². The van der Waals surface area contributed by atoms with E-state index >= 15 is 0 Å². The molecule has 0 spiro atoms. The summed E-state index contributed by atoms with van der Waals surface area (Å²) in [5.41, 5.74) is 2.31. The van der Waals surface area contributed by atoms with Crippen molar-refractivity contribution in [2.75, 3.05) is 13.7 Å². The fourth-order valence-corrected chi connectivity index (χ4v) is 2.38. The van der Waals surface area contributed by atoms with Crippen LogP contribution in [-0.4, -0.2) is 26.1 Å². The lowest BCUT2D eigenvalue weighted by Crippen LogP contribution is -2.28. The van der Waals surface area contributed by atoms with Crippen molar-refractivity contribution < 1.29 is 14.2 Å². The molecule has 0 radical (unpaired) electrons. The Labute approximate surface area is 121 Å². The molecule has 1 saturated heterocycles. The Hall–Kier alpha value is -1.34. The number of hydrogen-bond donors (Lipinski definition) is 0. The van der Waals surface area contributed by atoms with Crippen LogP contribution in [0.25, 0.3) is 0 Å². The van der Waals surface area contributed by atoms with Crippen molar-refractivity contribution in [1.82, 2.24) is 0 Å². The molecule has 0 N–H and O–H groups in total. The zero-order valence-corrected chi connectivity index (χ0v) is 12.0. The van der Waals surface area contributed by atoms with Gasteiger partial charge in [-0.15, -0.1) is 6.42 Å². The van der Waals surface area contributed by atoms with Crippen LogP contribution in [0.1, 0.15) is 30.4 Å². The molecule has 3 nitrogen and oxygen atoms in total. The van der Waals surface area contributed by atoms with Crippen LogP contribution in [-0.2, 0) is 27.2 Å². The topological polar surface area (TPSA) is 27.7 Å². The molecule has 1 aliphatic heterocycles. The van der Waals surface area contributed by atoms with Gasteiger partial charge < -0.3 is 14.2 Å². The Kier molecular flexibility index (Phi) is 6.07. The first-order chi connectivity index (χ1) is 9.81. The van der Waals surface area contributed by atoms with Crippen molar-refractivity contribution in [2.24, 2.45) is 0 Å². The van der Waals surface area contributed by atoms with Crippen molar-refractivity contribution in [3.05, 3.63) is 35.4 Å². The minimum absolute atomic E-state index is 0.146. The molecule has 1 fully saturated rings. The number of terminal acetylenes is 1. The molecule has 1 aromatic carbocycles. The summed E-state index contributed by atoms with van der Waals surface area (Å²) >= 11 is 0. The predicted octanol–water partition coefficient (Wildman–Crippen LogP) is 2.92. The summed E-state index contributed by atoms with van der Waals surface area (Å²) in [5.74, 6) is 2.72. The maximum Gasteiger partial charge on any atom is 0.159 e. The van der Waals surface area contributed by atoms with Gasteiger partial charge in [0.15, 0.2) is 6.29 Å². The summed E-state index contributed by atoms with van der Waals surface area (Å²) in [5, 5.41) is 0. The van der Waals surface area contributed by atoms with Gasteiger partial charge in [0.2, 0.25) is 0 Å². The molecular formula is C17H22O3. The van der Waals surface area contributed by atoms with Gasteiger partial charge in [-0.2, -0.15) is 0 Å². The lowest BCUT2D eigenvalue weighted by atomic mass is 10.1. The van der Waals surface area contributed by atoms with Crippen molar-refractivity contribution >= 4 is 0 Å². The maximum absolute atomic E-state index is 5.85. The number of benzene rings is 1. The molecule has 2 atom stereocenters. The third-order valence-electron chi connectivity index (χ3n) is 3.36. The average molecular weight is 274 g/mol. The van der Waals surface area contributed by atoms with Gasteiger partial charge in [0, 0.05) is 20.1 Å². The van der Waals surface area contributed by atoms with E-state index in [1.807, 2.05) is 12.1 Å². The highest BCUT2D eigenvalue weighted by Crippen LogP contribution is 2.17. The van der Waals surface area contributed by atoms with Crippen molar-refractivity contribution in [3.8, 4) is 12.3 Å². The van der Waals surface area contributed by atoms with E-state index in [1.54, 1.807) is 7.11 Å². The van der Waals surface area contributed by atoms with E-state index in [1.165, 1.54) is 5.56 Å². The highest BCUT2D eigenvalue weighted by molar-refractivity contribution is 5.24. The third kappa shape index (κ3) is 4.64. The molecule has 1 unspecified atom stereocenters. The summed E-state index contributed by atoms with van der Waals surface area (Å²) in [6.45, 7) is 1.38. The smallest absolute Gasteiger partial charge is 0.159 e. The molecule has 20 heavy (non-hydrogen) atoms. The third-order valence-corrected chi connectivity index (χ3v) is 3.36. The average Bonchev–Trinajstić information content (AvgIpc) is 2.48. The molecule has 1 aromatic rings. The number of methoxy groups -OCH3 is 1. The monoisotopic (exact) mass is 274 g/mol. The molecule has 0 saturated carbocycles. The van der Waals surface area contributed by atoms with Crippen molar-refractivity contribution in [1.29, 1.82) is 0 Å². The highest BCUT2D eigenvalue weighted by atomic mass is 16.7. The molecule has 1 aliphatic rings. The van der Waals surface area contributed by atoms with Gasteiger partial charge in [-0.1, -0.05) is 30.2 Å². The van der Waals surface area contributed by atoms with Crippen LogP contribution in [0.5, 0.6) is 0 Å². The first-order valence-electron chi connectivity index (χ1n) is 7.12. The molecule has 3 heteroatoms. The van der Waals surface area contributed by atoms with E-state index in [2.05, 4.69) is 18.1 Å². The minimum Gasteiger partial charge on any atom is -0.380 e. The predicted molar refractivity (Wildman–Crippen MR) is 78.2 cm³/mol. The van der Waals surface area contributed by atoms with Gasteiger partial charge in [0.1, 0.15) is 6.10 Å². The standard InChI is InChI=1S/C17H22O3/c1-3-16(20-17-9-4-5-10-19-17)12-14-7-6-8-15(11-14)13-18-2/h1,6-8,11,16-17H,4-5,9-10,12-13H2,2H3/t16-,17?/m1/s1. The van der Waals surface area contributed by atoms with Crippen LogP contribution in [0.3, 0.4) is 0 Å². The summed E-state index contributed by atoms with van der Waals surface area (Å²) in [6, 6.07) is 8.24. The largest absolute Gasteiger partial charge is 0.380 e. The van der Waals surface area contributed by atoms with E-state index in [0.29, 0.717) is 13.0 Å². The molecular weight excluding hydrogens is 252 g/mol. The van der Waals surface area contributed by atoms with E-state index in [-0.39, 0.29) is 12.4 Å². The molecule has 0 aliphatic carbocycles. The van der Waals surface area contributed by atoms with Gasteiger partial charge in [-0.25, -0.2) is 0 Å². The van der Waals surface area contributed by atoms with Gasteiger partial charge in [0.25, 0.3) is 0 Å². The molecule has 0 bridgehead atoms. The molecule has 0 amide bonds. The van der Waals surface area contributed by atoms with Crippen LogP contribution < -0.4 is 0 Å². The quantitative estimate of drug-likeness (QED) is 0.747. The van der Waals surface area contributed by atoms with Crippen LogP contribution >= 0.6 is 0 Å². The SMILES string of the molecule is C#C[C@H](Cc1cccc(COC)c1)OC1CCCCO1. The molecule has 108 valence electrons. The minimum atomic E-state index is -0.240. The Balaban J connectivity index is 1.91. The number of ether oxygens (including phenoxy) is 3. The molecule has 0 aromatic heterocycles. The number of rotatable bonds is 6. The molecule has 1 heterocycles. The Morgan fingerprint density at radius 3 is 2.95 bits per heavy atom. The number of hydrogen-bond acceptors (Lipinski definition) is 3. The lowest BCUT2D eigenvalue weighted by molar-refractivity contribution is -0.176.